The Labute approximate surface area is 199 Å². The van der Waals surface area contributed by atoms with Crippen molar-refractivity contribution in [3.8, 4) is 22.8 Å². The van der Waals surface area contributed by atoms with Crippen LogP contribution in [0.5, 0.6) is 0 Å². The molecule has 1 amide bonds. The summed E-state index contributed by atoms with van der Waals surface area (Å²) in [5.74, 6) is 0.833. The van der Waals surface area contributed by atoms with Crippen LogP contribution < -0.4 is 5.32 Å². The van der Waals surface area contributed by atoms with Crippen molar-refractivity contribution in [2.45, 2.75) is 12.0 Å². The van der Waals surface area contributed by atoms with Crippen molar-refractivity contribution in [3.05, 3.63) is 72.9 Å². The molecule has 0 aromatic carbocycles. The highest BCUT2D eigenvalue weighted by Gasteiger charge is 2.48. The van der Waals surface area contributed by atoms with Gasteiger partial charge in [0.15, 0.2) is 5.76 Å². The van der Waals surface area contributed by atoms with E-state index in [1.807, 2.05) is 40.9 Å². The quantitative estimate of drug-likeness (QED) is 0.399. The van der Waals surface area contributed by atoms with Crippen molar-refractivity contribution >= 4 is 23.3 Å². The van der Waals surface area contributed by atoms with Gasteiger partial charge in [-0.15, -0.1) is 0 Å². The first kappa shape index (κ1) is 20.9. The molecule has 1 saturated heterocycles. The minimum absolute atomic E-state index is 0.107. The third kappa shape index (κ3) is 3.58. The summed E-state index contributed by atoms with van der Waals surface area (Å²) in [6.45, 7) is 0.443. The van der Waals surface area contributed by atoms with E-state index in [-0.39, 0.29) is 12.2 Å². The van der Waals surface area contributed by atoms with Gasteiger partial charge in [-0.3, -0.25) is 9.20 Å². The number of hydrogen-bond acceptors (Lipinski definition) is 9. The number of hydrogen-bond donors (Lipinski definition) is 2. The van der Waals surface area contributed by atoms with Crippen LogP contribution in [0.1, 0.15) is 12.2 Å². The summed E-state index contributed by atoms with van der Waals surface area (Å²) in [7, 11) is 1.64. The summed E-state index contributed by atoms with van der Waals surface area (Å²) in [4.78, 5) is 31.8. The highest BCUT2D eigenvalue weighted by Crippen LogP contribution is 2.34. The number of nitrogens with one attached hydrogen (secondary N) is 1. The SMILES string of the molecule is CN1CCC(O)(c2cc(-c3cccc(-c4ccnc(Nc5cnc6ccccn56)n4)n3)no2)C1=O. The number of carbonyl (C=O) groups is 1. The Morgan fingerprint density at radius 3 is 2.69 bits per heavy atom. The van der Waals surface area contributed by atoms with Crippen LogP contribution in [0.2, 0.25) is 0 Å². The number of nitrogens with zero attached hydrogens (tertiary/aromatic N) is 7. The van der Waals surface area contributed by atoms with Gasteiger partial charge in [-0.2, -0.15) is 0 Å². The molecule has 11 heteroatoms. The molecule has 5 aromatic heterocycles. The Kier molecular flexibility index (Phi) is 4.78. The van der Waals surface area contributed by atoms with Gasteiger partial charge in [0.2, 0.25) is 11.5 Å². The second-order valence-electron chi connectivity index (χ2n) is 8.28. The van der Waals surface area contributed by atoms with Crippen LogP contribution in [0.15, 0.2) is 71.6 Å². The molecule has 1 fully saturated rings. The Balaban J connectivity index is 1.28. The fourth-order valence-electron chi connectivity index (χ4n) is 4.09. The van der Waals surface area contributed by atoms with Gasteiger partial charge in [-0.1, -0.05) is 17.3 Å². The zero-order valence-electron chi connectivity index (χ0n) is 18.7. The van der Waals surface area contributed by atoms with E-state index in [1.165, 1.54) is 4.90 Å². The Hall–Kier alpha value is -4.64. The molecule has 174 valence electrons. The number of pyridine rings is 2. The van der Waals surface area contributed by atoms with Crippen LogP contribution in [-0.2, 0) is 10.4 Å². The molecule has 0 saturated carbocycles. The van der Waals surface area contributed by atoms with Crippen LogP contribution in [0.4, 0.5) is 11.8 Å². The van der Waals surface area contributed by atoms with E-state index >= 15 is 0 Å². The lowest BCUT2D eigenvalue weighted by Gasteiger charge is -2.16. The molecule has 5 aromatic rings. The predicted octanol–water partition coefficient (Wildman–Crippen LogP) is 2.63. The highest BCUT2D eigenvalue weighted by atomic mass is 16.5. The van der Waals surface area contributed by atoms with E-state index in [1.54, 1.807) is 37.6 Å². The van der Waals surface area contributed by atoms with E-state index in [9.17, 15) is 9.90 Å². The number of aliphatic hydroxyl groups is 1. The number of rotatable bonds is 5. The molecule has 0 spiro atoms. The van der Waals surface area contributed by atoms with Gasteiger partial charge in [0.05, 0.1) is 23.3 Å². The first-order valence-electron chi connectivity index (χ1n) is 11.0. The average molecular weight is 468 g/mol. The second kappa shape index (κ2) is 7.99. The van der Waals surface area contributed by atoms with Crippen molar-refractivity contribution in [3.63, 3.8) is 0 Å². The predicted molar refractivity (Wildman–Crippen MR) is 125 cm³/mol. The van der Waals surface area contributed by atoms with Gasteiger partial charge in [0.25, 0.3) is 5.91 Å². The topological polar surface area (TPSA) is 135 Å². The normalized spacial score (nSPS) is 17.9. The van der Waals surface area contributed by atoms with Gasteiger partial charge in [-0.25, -0.2) is 19.9 Å². The molecule has 11 nitrogen and oxygen atoms in total. The molecule has 35 heavy (non-hydrogen) atoms. The Morgan fingerprint density at radius 1 is 1.03 bits per heavy atom. The largest absolute Gasteiger partial charge is 0.373 e. The maximum absolute atomic E-state index is 12.4. The van der Waals surface area contributed by atoms with Crippen molar-refractivity contribution in [1.29, 1.82) is 0 Å². The first-order chi connectivity index (χ1) is 17.0. The zero-order valence-corrected chi connectivity index (χ0v) is 18.7. The molecule has 1 unspecified atom stereocenters. The third-order valence-electron chi connectivity index (χ3n) is 6.01. The Bertz CT molecular complexity index is 1560. The monoisotopic (exact) mass is 468 g/mol. The van der Waals surface area contributed by atoms with Crippen molar-refractivity contribution in [2.24, 2.45) is 0 Å². The number of imidazole rings is 1. The average Bonchev–Trinajstić information content (AvgIpc) is 3.61. The van der Waals surface area contributed by atoms with E-state index in [0.717, 1.165) is 11.5 Å². The van der Waals surface area contributed by atoms with Gasteiger partial charge < -0.3 is 19.8 Å². The second-order valence-corrected chi connectivity index (χ2v) is 8.28. The number of likely N-dealkylation sites (N-methyl/N-ethyl adjacent to an activating group) is 1. The van der Waals surface area contributed by atoms with Gasteiger partial charge in [0, 0.05) is 38.5 Å². The van der Waals surface area contributed by atoms with Crippen LogP contribution in [-0.4, -0.2) is 59.0 Å². The molecular weight excluding hydrogens is 448 g/mol. The molecule has 0 aliphatic carbocycles. The number of likely N-dealkylation sites (tertiary alicyclic amines) is 1. The summed E-state index contributed by atoms with van der Waals surface area (Å²) in [5, 5.41) is 18.1. The molecular formula is C24H20N8O3. The fraction of sp³-hybridized carbons (Fsp3) is 0.167. The third-order valence-corrected chi connectivity index (χ3v) is 6.01. The highest BCUT2D eigenvalue weighted by molar-refractivity contribution is 5.87. The summed E-state index contributed by atoms with van der Waals surface area (Å²) >= 11 is 0. The van der Waals surface area contributed by atoms with E-state index < -0.39 is 11.5 Å². The lowest BCUT2D eigenvalue weighted by atomic mass is 9.98. The number of anilines is 2. The molecule has 6 heterocycles. The summed E-state index contributed by atoms with van der Waals surface area (Å²) in [6.07, 6.45) is 5.51. The molecule has 6 rings (SSSR count). The van der Waals surface area contributed by atoms with Gasteiger partial charge >= 0.3 is 0 Å². The van der Waals surface area contributed by atoms with Crippen LogP contribution in [0.3, 0.4) is 0 Å². The standard InChI is InChI=1S/C24H20N8O3/c1-31-12-9-24(34,22(31)33)19-13-18(30-35-19)16-6-4-5-15(27-16)17-8-10-25-23(28-17)29-21-14-26-20-7-2-3-11-32(20)21/h2-8,10-11,13-14,34H,9,12H2,1H3,(H,25,28,29). The van der Waals surface area contributed by atoms with Crippen molar-refractivity contribution < 1.29 is 14.4 Å². The van der Waals surface area contributed by atoms with Crippen LogP contribution in [0, 0.1) is 0 Å². The molecule has 1 atom stereocenters. The zero-order chi connectivity index (χ0) is 24.0. The van der Waals surface area contributed by atoms with Crippen LogP contribution >= 0.6 is 0 Å². The summed E-state index contributed by atoms with van der Waals surface area (Å²) < 4.78 is 7.25. The van der Waals surface area contributed by atoms with E-state index in [2.05, 4.69) is 30.4 Å². The Morgan fingerprint density at radius 2 is 1.86 bits per heavy atom. The number of fused-ring (bicyclic) bond motifs is 1. The minimum Gasteiger partial charge on any atom is -0.373 e. The fourth-order valence-corrected chi connectivity index (χ4v) is 4.09. The van der Waals surface area contributed by atoms with Gasteiger partial charge in [0.1, 0.15) is 17.2 Å². The van der Waals surface area contributed by atoms with Crippen molar-refractivity contribution in [2.75, 3.05) is 18.9 Å². The lowest BCUT2D eigenvalue weighted by molar-refractivity contribution is -0.144. The van der Waals surface area contributed by atoms with Crippen LogP contribution in [0.25, 0.3) is 28.4 Å². The lowest BCUT2D eigenvalue weighted by Crippen LogP contribution is -2.35. The summed E-state index contributed by atoms with van der Waals surface area (Å²) in [5.41, 5.74) is 1.25. The molecule has 1 aliphatic rings. The molecule has 0 bridgehead atoms. The number of aromatic nitrogens is 6. The maximum atomic E-state index is 12.4. The smallest absolute Gasteiger partial charge is 0.262 e. The first-order valence-corrected chi connectivity index (χ1v) is 11.0. The molecule has 2 N–H and O–H groups in total. The van der Waals surface area contributed by atoms with Crippen molar-refractivity contribution in [1.82, 2.24) is 34.4 Å². The van der Waals surface area contributed by atoms with E-state index in [4.69, 9.17) is 4.52 Å². The molecule has 1 aliphatic heterocycles. The maximum Gasteiger partial charge on any atom is 0.262 e. The van der Waals surface area contributed by atoms with Gasteiger partial charge in [-0.05, 0) is 30.3 Å². The minimum atomic E-state index is -1.71. The number of amides is 1. The van der Waals surface area contributed by atoms with E-state index in [0.29, 0.717) is 35.3 Å². The molecule has 0 radical (unpaired) electrons. The summed E-state index contributed by atoms with van der Waals surface area (Å²) in [6, 6.07) is 14.5. The number of carbonyl (C=O) groups excluding carboxylic acids is 1.